The molecule has 0 radical (unpaired) electrons. The summed E-state index contributed by atoms with van der Waals surface area (Å²) in [7, 11) is 0. The number of unbranched alkanes of at least 4 members (excludes halogenated alkanes) is 15. The van der Waals surface area contributed by atoms with Gasteiger partial charge in [0.1, 0.15) is 0 Å². The molecule has 0 saturated heterocycles. The SMILES string of the molecule is CCCCCCCCc1cc(CCCCCCCC)cc(C2=CC(CCCC)=C(c3cc(CCCCC)cc(CCCCC)c3)[N+]2=[N-])c1.[CH3][Ni][CH3]. The van der Waals surface area contributed by atoms with Gasteiger partial charge in [0.25, 0.3) is 0 Å². The Bertz CT molecular complexity index is 1240. The zero-order valence-electron chi connectivity index (χ0n) is 34.4. The van der Waals surface area contributed by atoms with E-state index in [0.717, 1.165) is 56.3 Å². The molecule has 51 heavy (non-hydrogen) atoms. The number of aryl methyl sites for hydroxylation is 4. The van der Waals surface area contributed by atoms with Crippen molar-refractivity contribution in [3.05, 3.63) is 87.0 Å². The third-order valence-electron chi connectivity index (χ3n) is 10.3. The van der Waals surface area contributed by atoms with E-state index in [-0.39, 0.29) is 0 Å². The molecule has 0 N–H and O–H groups in total. The summed E-state index contributed by atoms with van der Waals surface area (Å²) in [4.78, 5) is 0. The van der Waals surface area contributed by atoms with Gasteiger partial charge in [-0.15, -0.1) is 0 Å². The Morgan fingerprint density at radius 3 is 1.18 bits per heavy atom. The van der Waals surface area contributed by atoms with Gasteiger partial charge in [0.05, 0.1) is 0 Å². The molecule has 0 atom stereocenters. The Kier molecular flexibility index (Phi) is 25.2. The molecule has 1 aliphatic heterocycles. The average molecular weight is 742 g/mol. The van der Waals surface area contributed by atoms with Gasteiger partial charge in [-0.05, 0) is 111 Å². The molecule has 0 aromatic heterocycles. The van der Waals surface area contributed by atoms with Crippen molar-refractivity contribution >= 4 is 11.4 Å². The maximum atomic E-state index is 12.1. The second-order valence-electron chi connectivity index (χ2n) is 15.2. The first kappa shape index (κ1) is 45.2. The van der Waals surface area contributed by atoms with Gasteiger partial charge >= 0.3 is 26.2 Å². The van der Waals surface area contributed by atoms with E-state index in [0.29, 0.717) is 0 Å². The molecule has 290 valence electrons. The maximum absolute atomic E-state index is 12.1. The van der Waals surface area contributed by atoms with Gasteiger partial charge in [0.15, 0.2) is 0 Å². The molecule has 2 aromatic carbocycles. The van der Waals surface area contributed by atoms with Crippen LogP contribution in [-0.2, 0) is 40.1 Å². The van der Waals surface area contributed by atoms with Gasteiger partial charge in [0, 0.05) is 22.8 Å². The quantitative estimate of drug-likeness (QED) is 0.0495. The van der Waals surface area contributed by atoms with Gasteiger partial charge in [-0.25, -0.2) is 4.70 Å². The number of hydrogen-bond donors (Lipinski definition) is 0. The number of allylic oxidation sites excluding steroid dienone is 2. The number of nitrogens with zero attached hydrogens (tertiary/aromatic N) is 2. The molecule has 1 aliphatic rings. The zero-order chi connectivity index (χ0) is 37.1. The van der Waals surface area contributed by atoms with E-state index in [2.05, 4.69) is 88.9 Å². The molecule has 2 aromatic rings. The molecule has 0 bridgehead atoms. The molecule has 2 nitrogen and oxygen atoms in total. The number of benzene rings is 2. The first-order valence-corrected chi connectivity index (χ1v) is 23.3. The fourth-order valence-corrected chi connectivity index (χ4v) is 7.39. The topological polar surface area (TPSA) is 25.3 Å². The Hall–Kier alpha value is -1.99. The van der Waals surface area contributed by atoms with Crippen LogP contribution in [0.1, 0.15) is 203 Å². The Morgan fingerprint density at radius 2 is 0.765 bits per heavy atom. The molecule has 3 rings (SSSR count). The fourth-order valence-electron chi connectivity index (χ4n) is 7.39. The molecule has 0 aliphatic carbocycles. The van der Waals surface area contributed by atoms with Crippen LogP contribution in [0.3, 0.4) is 0 Å². The van der Waals surface area contributed by atoms with Crippen molar-refractivity contribution in [2.75, 3.05) is 0 Å². The van der Waals surface area contributed by atoms with E-state index in [1.54, 1.807) is 19.1 Å². The first-order valence-electron chi connectivity index (χ1n) is 21.4. The summed E-state index contributed by atoms with van der Waals surface area (Å²) < 4.78 is 1.57. The fraction of sp³-hybridized carbons (Fsp3) is 0.667. The van der Waals surface area contributed by atoms with Crippen LogP contribution in [0, 0.1) is 0 Å². The van der Waals surface area contributed by atoms with Crippen LogP contribution in [0.25, 0.3) is 16.9 Å². The van der Waals surface area contributed by atoms with Crippen molar-refractivity contribution in [2.45, 2.75) is 207 Å². The van der Waals surface area contributed by atoms with Crippen molar-refractivity contribution in [3.8, 4) is 0 Å². The van der Waals surface area contributed by atoms with Crippen LogP contribution in [0.2, 0.25) is 11.8 Å². The summed E-state index contributed by atoms with van der Waals surface area (Å²) in [5.74, 6) is 4.12. The minimum absolute atomic E-state index is 0.967. The second kappa shape index (κ2) is 28.5. The Morgan fingerprint density at radius 1 is 0.431 bits per heavy atom. The van der Waals surface area contributed by atoms with Crippen molar-refractivity contribution < 1.29 is 19.1 Å². The van der Waals surface area contributed by atoms with Gasteiger partial charge in [0.2, 0.25) is 11.4 Å². The molecule has 0 saturated carbocycles. The summed E-state index contributed by atoms with van der Waals surface area (Å²) in [5, 5.41) is 0. The van der Waals surface area contributed by atoms with Gasteiger partial charge in [-0.2, -0.15) is 0 Å². The summed E-state index contributed by atoms with van der Waals surface area (Å²) in [5.41, 5.74) is 23.5. The van der Waals surface area contributed by atoms with Crippen LogP contribution >= 0.6 is 0 Å². The third kappa shape index (κ3) is 17.6. The van der Waals surface area contributed by atoms with Crippen molar-refractivity contribution in [3.63, 3.8) is 0 Å². The third-order valence-corrected chi connectivity index (χ3v) is 10.3. The molecule has 0 unspecified atom stereocenters. The predicted molar refractivity (Wildman–Crippen MR) is 223 cm³/mol. The first-order chi connectivity index (χ1) is 25.0. The average Bonchev–Trinajstić information content (AvgIpc) is 3.46. The molecular formula is C48H78N2Ni. The molecule has 0 amide bonds. The van der Waals surface area contributed by atoms with Crippen LogP contribution in [-0.4, -0.2) is 4.70 Å². The van der Waals surface area contributed by atoms with Crippen LogP contribution in [0.4, 0.5) is 0 Å². The summed E-state index contributed by atoms with van der Waals surface area (Å²) in [6.07, 6.45) is 33.5. The van der Waals surface area contributed by atoms with E-state index in [4.69, 9.17) is 0 Å². The normalized spacial score (nSPS) is 12.8. The standard InChI is InChI=1S/C46H72N2.2CH3.Ni/c1-6-11-16-18-20-24-28-38-31-39(29-25-21-19-17-12-7-2)34-43(33-38)45-37-42(30-15-10-5)46(48(45)47)44-35-40(26-22-13-8-3)32-41(36-44)27-23-14-9-4;;;/h31-37H,6-30H2,1-5H3;2*1H3;. The van der Waals surface area contributed by atoms with Crippen LogP contribution in [0.15, 0.2) is 48.0 Å². The molecule has 3 heteroatoms. The zero-order valence-corrected chi connectivity index (χ0v) is 35.4. The summed E-state index contributed by atoms with van der Waals surface area (Å²) in [6, 6.07) is 14.5. The number of hydrogen-bond acceptors (Lipinski definition) is 0. The molecular weight excluding hydrogens is 663 g/mol. The molecule has 0 spiro atoms. The van der Waals surface area contributed by atoms with Gasteiger partial charge in [-0.1, -0.05) is 143 Å². The summed E-state index contributed by atoms with van der Waals surface area (Å²) in [6.45, 7) is 11.4. The van der Waals surface area contributed by atoms with Crippen LogP contribution in [0.5, 0.6) is 0 Å². The Labute approximate surface area is 323 Å². The summed E-state index contributed by atoms with van der Waals surface area (Å²) >= 11 is 1.62. The Balaban J connectivity index is 0.00000290. The van der Waals surface area contributed by atoms with Gasteiger partial charge in [-0.3, -0.25) is 0 Å². The van der Waals surface area contributed by atoms with Crippen molar-refractivity contribution in [2.24, 2.45) is 0 Å². The van der Waals surface area contributed by atoms with E-state index >= 15 is 0 Å². The van der Waals surface area contributed by atoms with E-state index in [1.807, 2.05) is 0 Å². The van der Waals surface area contributed by atoms with Crippen molar-refractivity contribution in [1.82, 2.24) is 0 Å². The minimum atomic E-state index is 0.967. The second-order valence-corrected chi connectivity index (χ2v) is 16.1. The van der Waals surface area contributed by atoms with E-state index < -0.39 is 0 Å². The molecule has 0 fully saturated rings. The predicted octanol–water partition coefficient (Wildman–Crippen LogP) is 16.1. The van der Waals surface area contributed by atoms with Gasteiger partial charge < -0.3 is 5.53 Å². The van der Waals surface area contributed by atoms with E-state index in [1.165, 1.54) is 155 Å². The number of rotatable bonds is 27. The monoisotopic (exact) mass is 741 g/mol. The van der Waals surface area contributed by atoms with Crippen LogP contribution < -0.4 is 0 Å². The van der Waals surface area contributed by atoms with Crippen molar-refractivity contribution in [1.29, 1.82) is 0 Å². The van der Waals surface area contributed by atoms with E-state index in [9.17, 15) is 5.53 Å². The molecule has 1 heterocycles.